The molecule has 2 aromatic carbocycles. The van der Waals surface area contributed by atoms with Crippen LogP contribution in [0.25, 0.3) is 0 Å². The number of rotatable bonds is 4. The first kappa shape index (κ1) is 18.6. The zero-order valence-electron chi connectivity index (χ0n) is 15.3. The molecule has 0 spiro atoms. The van der Waals surface area contributed by atoms with E-state index in [0.717, 1.165) is 11.1 Å². The van der Waals surface area contributed by atoms with Crippen molar-refractivity contribution < 1.29 is 19.5 Å². The number of nitrogens with one attached hydrogen (secondary N) is 1. The van der Waals surface area contributed by atoms with Crippen molar-refractivity contribution >= 4 is 17.8 Å². The third-order valence-corrected chi connectivity index (χ3v) is 4.61. The summed E-state index contributed by atoms with van der Waals surface area (Å²) in [5.41, 5.74) is 2.73. The maximum Gasteiger partial charge on any atom is 0.326 e. The van der Waals surface area contributed by atoms with Crippen LogP contribution in [0, 0.1) is 0 Å². The maximum absolute atomic E-state index is 12.9. The van der Waals surface area contributed by atoms with Crippen LogP contribution in [0.15, 0.2) is 48.5 Å². The van der Waals surface area contributed by atoms with Gasteiger partial charge in [0.1, 0.15) is 6.04 Å². The van der Waals surface area contributed by atoms with E-state index in [1.165, 1.54) is 4.90 Å². The first-order chi connectivity index (χ1) is 12.9. The van der Waals surface area contributed by atoms with Crippen molar-refractivity contribution in [3.63, 3.8) is 0 Å². The van der Waals surface area contributed by atoms with Gasteiger partial charge >= 0.3 is 5.97 Å². The Balaban J connectivity index is 1.83. The molecule has 2 N–H and O–H groups in total. The lowest BCUT2D eigenvalue weighted by Crippen LogP contribution is -2.48. The highest BCUT2D eigenvalue weighted by Crippen LogP contribution is 2.25. The second kappa shape index (κ2) is 7.61. The Morgan fingerprint density at radius 3 is 2.19 bits per heavy atom. The first-order valence-corrected chi connectivity index (χ1v) is 8.88. The topological polar surface area (TPSA) is 86.7 Å². The minimum absolute atomic E-state index is 0.0172. The van der Waals surface area contributed by atoms with E-state index < -0.39 is 12.0 Å². The standard InChI is InChI=1S/C21H22N2O4/c1-13(2)22-19(24)14-7-9-15(10-8-14)20(25)23-12-17-6-4-3-5-16(17)11-18(23)21(26)27/h3-10,13,18H,11-12H2,1-2H3,(H,22,24)(H,26,27). The summed E-state index contributed by atoms with van der Waals surface area (Å²) < 4.78 is 0. The van der Waals surface area contributed by atoms with Crippen LogP contribution >= 0.6 is 0 Å². The highest BCUT2D eigenvalue weighted by atomic mass is 16.4. The molecule has 0 fully saturated rings. The molecule has 0 aromatic heterocycles. The van der Waals surface area contributed by atoms with Crippen LogP contribution < -0.4 is 5.32 Å². The van der Waals surface area contributed by atoms with Crippen LogP contribution in [0.4, 0.5) is 0 Å². The molecule has 1 aliphatic rings. The van der Waals surface area contributed by atoms with Crippen LogP contribution in [0.5, 0.6) is 0 Å². The van der Waals surface area contributed by atoms with E-state index in [1.807, 2.05) is 38.1 Å². The fraction of sp³-hybridized carbons (Fsp3) is 0.286. The second-order valence-electron chi connectivity index (χ2n) is 6.97. The second-order valence-corrected chi connectivity index (χ2v) is 6.97. The predicted octanol–water partition coefficient (Wildman–Crippen LogP) is 2.48. The van der Waals surface area contributed by atoms with Gasteiger partial charge in [0.05, 0.1) is 0 Å². The summed E-state index contributed by atoms with van der Waals surface area (Å²) in [6.45, 7) is 3.99. The van der Waals surface area contributed by atoms with Crippen molar-refractivity contribution in [2.24, 2.45) is 0 Å². The SMILES string of the molecule is CC(C)NC(=O)c1ccc(C(=O)N2Cc3ccccc3CC2C(=O)O)cc1. The summed E-state index contributed by atoms with van der Waals surface area (Å²) in [4.78, 5) is 38.1. The van der Waals surface area contributed by atoms with Crippen LogP contribution in [0.3, 0.4) is 0 Å². The smallest absolute Gasteiger partial charge is 0.326 e. The summed E-state index contributed by atoms with van der Waals surface area (Å²) in [6, 6.07) is 13.0. The number of aliphatic carboxylic acids is 1. The lowest BCUT2D eigenvalue weighted by Gasteiger charge is -2.34. The number of benzene rings is 2. The van der Waals surface area contributed by atoms with Crippen molar-refractivity contribution in [1.82, 2.24) is 10.2 Å². The molecule has 6 nitrogen and oxygen atoms in total. The average Bonchev–Trinajstić information content (AvgIpc) is 2.66. The molecular weight excluding hydrogens is 344 g/mol. The summed E-state index contributed by atoms with van der Waals surface area (Å²) in [6.07, 6.45) is 0.284. The highest BCUT2D eigenvalue weighted by Gasteiger charge is 2.34. The molecule has 0 aliphatic carbocycles. The third-order valence-electron chi connectivity index (χ3n) is 4.61. The number of carbonyl (C=O) groups excluding carboxylic acids is 2. The van der Waals surface area contributed by atoms with E-state index in [2.05, 4.69) is 5.32 Å². The molecule has 1 atom stereocenters. The van der Waals surface area contributed by atoms with Crippen LogP contribution in [0.1, 0.15) is 45.7 Å². The van der Waals surface area contributed by atoms with Gasteiger partial charge in [-0.1, -0.05) is 24.3 Å². The number of hydrogen-bond donors (Lipinski definition) is 2. The molecule has 27 heavy (non-hydrogen) atoms. The van der Waals surface area contributed by atoms with Gasteiger partial charge in [0.2, 0.25) is 0 Å². The van der Waals surface area contributed by atoms with Gasteiger partial charge in [-0.25, -0.2) is 4.79 Å². The van der Waals surface area contributed by atoms with E-state index in [4.69, 9.17) is 0 Å². The van der Waals surface area contributed by atoms with Crippen LogP contribution in [-0.4, -0.2) is 39.9 Å². The Kier molecular flexibility index (Phi) is 5.26. The number of amides is 2. The summed E-state index contributed by atoms with van der Waals surface area (Å²) in [5, 5.41) is 12.4. The van der Waals surface area contributed by atoms with Gasteiger partial charge in [-0.3, -0.25) is 9.59 Å². The lowest BCUT2D eigenvalue weighted by molar-refractivity contribution is -0.142. The van der Waals surface area contributed by atoms with Crippen molar-refractivity contribution in [2.75, 3.05) is 0 Å². The molecule has 3 rings (SSSR count). The van der Waals surface area contributed by atoms with Crippen LogP contribution in [0.2, 0.25) is 0 Å². The molecule has 2 aromatic rings. The molecular formula is C21H22N2O4. The van der Waals surface area contributed by atoms with Gasteiger partial charge in [0.25, 0.3) is 11.8 Å². The summed E-state index contributed by atoms with van der Waals surface area (Å²) in [5.74, 6) is -1.59. The van der Waals surface area contributed by atoms with Crippen molar-refractivity contribution in [3.8, 4) is 0 Å². The first-order valence-electron chi connectivity index (χ1n) is 8.88. The monoisotopic (exact) mass is 366 g/mol. The summed E-state index contributed by atoms with van der Waals surface area (Å²) in [7, 11) is 0. The van der Waals surface area contributed by atoms with Crippen molar-refractivity contribution in [3.05, 3.63) is 70.8 Å². The fourth-order valence-electron chi connectivity index (χ4n) is 3.23. The van der Waals surface area contributed by atoms with E-state index in [1.54, 1.807) is 24.3 Å². The van der Waals surface area contributed by atoms with E-state index in [-0.39, 0.29) is 30.8 Å². The Hall–Kier alpha value is -3.15. The molecule has 0 saturated carbocycles. The van der Waals surface area contributed by atoms with E-state index in [0.29, 0.717) is 11.1 Å². The number of nitrogens with zero attached hydrogens (tertiary/aromatic N) is 1. The summed E-state index contributed by atoms with van der Waals surface area (Å²) >= 11 is 0. The molecule has 2 amide bonds. The molecule has 6 heteroatoms. The number of fused-ring (bicyclic) bond motifs is 1. The quantitative estimate of drug-likeness (QED) is 0.870. The number of carbonyl (C=O) groups is 3. The van der Waals surface area contributed by atoms with Gasteiger partial charge in [0, 0.05) is 30.1 Å². The fourth-order valence-corrected chi connectivity index (χ4v) is 3.23. The Morgan fingerprint density at radius 2 is 1.59 bits per heavy atom. The Bertz CT molecular complexity index is 874. The number of hydrogen-bond acceptors (Lipinski definition) is 3. The van der Waals surface area contributed by atoms with Gasteiger partial charge in [0.15, 0.2) is 0 Å². The minimum Gasteiger partial charge on any atom is -0.480 e. The third kappa shape index (κ3) is 4.00. The predicted molar refractivity (Wildman–Crippen MR) is 100 cm³/mol. The molecule has 1 heterocycles. The molecule has 0 saturated heterocycles. The Morgan fingerprint density at radius 1 is 1.00 bits per heavy atom. The minimum atomic E-state index is -1.02. The molecule has 140 valence electrons. The van der Waals surface area contributed by atoms with E-state index >= 15 is 0 Å². The average molecular weight is 366 g/mol. The van der Waals surface area contributed by atoms with Gasteiger partial charge < -0.3 is 15.3 Å². The molecule has 0 bridgehead atoms. The molecule has 0 radical (unpaired) electrons. The molecule has 1 unspecified atom stereocenters. The number of carboxylic acid groups (broad SMARTS) is 1. The largest absolute Gasteiger partial charge is 0.480 e. The highest BCUT2D eigenvalue weighted by molar-refractivity contribution is 5.99. The Labute approximate surface area is 157 Å². The normalized spacial score (nSPS) is 16.0. The van der Waals surface area contributed by atoms with Gasteiger partial charge in [-0.2, -0.15) is 0 Å². The van der Waals surface area contributed by atoms with E-state index in [9.17, 15) is 19.5 Å². The lowest BCUT2D eigenvalue weighted by atomic mass is 9.93. The zero-order chi connectivity index (χ0) is 19.6. The van der Waals surface area contributed by atoms with Crippen molar-refractivity contribution in [1.29, 1.82) is 0 Å². The molecule has 1 aliphatic heterocycles. The maximum atomic E-state index is 12.9. The zero-order valence-corrected chi connectivity index (χ0v) is 15.3. The van der Waals surface area contributed by atoms with Gasteiger partial charge in [-0.05, 0) is 49.2 Å². The van der Waals surface area contributed by atoms with Crippen LogP contribution in [-0.2, 0) is 17.8 Å². The van der Waals surface area contributed by atoms with Crippen molar-refractivity contribution in [2.45, 2.75) is 38.9 Å². The number of carboxylic acids is 1. The van der Waals surface area contributed by atoms with Gasteiger partial charge in [-0.15, -0.1) is 0 Å².